The van der Waals surface area contributed by atoms with Crippen molar-refractivity contribution in [1.29, 1.82) is 0 Å². The fourth-order valence-corrected chi connectivity index (χ4v) is 1.56. The quantitative estimate of drug-likeness (QED) is 0.621. The third-order valence-electron chi connectivity index (χ3n) is 3.00. The van der Waals surface area contributed by atoms with Gasteiger partial charge in [0.15, 0.2) is 0 Å². The van der Waals surface area contributed by atoms with Crippen LogP contribution in [0.2, 0.25) is 0 Å². The molecule has 0 saturated heterocycles. The van der Waals surface area contributed by atoms with Gasteiger partial charge in [-0.05, 0) is 38.6 Å². The average molecular weight is 215 g/mol. The minimum absolute atomic E-state index is 0.307. The summed E-state index contributed by atoms with van der Waals surface area (Å²) in [5.74, 6) is -0.124. The average Bonchev–Trinajstić information content (AvgIpc) is 2.22. The lowest BCUT2D eigenvalue weighted by Crippen LogP contribution is -2.27. The van der Waals surface area contributed by atoms with E-state index >= 15 is 0 Å². The molecule has 90 valence electrons. The lowest BCUT2D eigenvalue weighted by Gasteiger charge is -2.16. The van der Waals surface area contributed by atoms with Crippen LogP contribution in [0.1, 0.15) is 52.9 Å². The summed E-state index contributed by atoms with van der Waals surface area (Å²) in [6.07, 6.45) is 4.44. The van der Waals surface area contributed by atoms with Crippen LogP contribution in [-0.4, -0.2) is 23.7 Å². The fraction of sp³-hybridized carbons (Fsp3) is 0.917. The van der Waals surface area contributed by atoms with Crippen molar-refractivity contribution in [3.63, 3.8) is 0 Å². The molecular formula is C12H25NO2. The summed E-state index contributed by atoms with van der Waals surface area (Å²) in [5, 5.41) is 12.0. The highest BCUT2D eigenvalue weighted by atomic mass is 16.4. The van der Waals surface area contributed by atoms with Gasteiger partial charge in [-0.2, -0.15) is 0 Å². The van der Waals surface area contributed by atoms with Gasteiger partial charge in [0.05, 0.1) is 0 Å². The number of carboxylic acids is 1. The Morgan fingerprint density at radius 2 is 1.93 bits per heavy atom. The molecule has 2 atom stereocenters. The largest absolute Gasteiger partial charge is 0.481 e. The highest BCUT2D eigenvalue weighted by Gasteiger charge is 2.09. The summed E-state index contributed by atoms with van der Waals surface area (Å²) in [4.78, 5) is 10.4. The number of hydrogen-bond donors (Lipinski definition) is 2. The van der Waals surface area contributed by atoms with Gasteiger partial charge in [0, 0.05) is 12.5 Å². The number of rotatable bonds is 9. The normalized spacial score (nSPS) is 14.9. The molecule has 2 unspecified atom stereocenters. The monoisotopic (exact) mass is 215 g/mol. The van der Waals surface area contributed by atoms with Crippen molar-refractivity contribution in [2.45, 2.75) is 58.9 Å². The van der Waals surface area contributed by atoms with Crippen molar-refractivity contribution in [2.75, 3.05) is 6.54 Å². The van der Waals surface area contributed by atoms with Crippen LogP contribution < -0.4 is 5.32 Å². The van der Waals surface area contributed by atoms with Crippen molar-refractivity contribution in [2.24, 2.45) is 5.92 Å². The summed E-state index contributed by atoms with van der Waals surface area (Å²) < 4.78 is 0. The third kappa shape index (κ3) is 8.43. The molecule has 15 heavy (non-hydrogen) atoms. The second-order valence-corrected chi connectivity index (χ2v) is 4.26. The van der Waals surface area contributed by atoms with E-state index in [-0.39, 0.29) is 0 Å². The Morgan fingerprint density at radius 1 is 1.27 bits per heavy atom. The second-order valence-electron chi connectivity index (χ2n) is 4.26. The van der Waals surface area contributed by atoms with E-state index in [1.807, 2.05) is 0 Å². The first-order chi connectivity index (χ1) is 7.10. The topological polar surface area (TPSA) is 49.3 Å². The second kappa shape index (κ2) is 8.72. The van der Waals surface area contributed by atoms with Crippen LogP contribution >= 0.6 is 0 Å². The van der Waals surface area contributed by atoms with Crippen molar-refractivity contribution in [1.82, 2.24) is 5.32 Å². The van der Waals surface area contributed by atoms with Gasteiger partial charge in [-0.25, -0.2) is 0 Å². The first-order valence-corrected chi connectivity index (χ1v) is 6.05. The van der Waals surface area contributed by atoms with E-state index in [4.69, 9.17) is 5.11 Å². The summed E-state index contributed by atoms with van der Waals surface area (Å²) >= 11 is 0. The first-order valence-electron chi connectivity index (χ1n) is 6.05. The molecule has 0 aromatic rings. The van der Waals surface area contributed by atoms with E-state index in [1.54, 1.807) is 0 Å². The molecule has 0 heterocycles. The molecule has 0 bridgehead atoms. The fourth-order valence-electron chi connectivity index (χ4n) is 1.56. The Hall–Kier alpha value is -0.570. The minimum atomic E-state index is -0.677. The Morgan fingerprint density at radius 3 is 2.40 bits per heavy atom. The smallest absolute Gasteiger partial charge is 0.303 e. The van der Waals surface area contributed by atoms with E-state index in [1.165, 1.54) is 0 Å². The molecule has 0 saturated carbocycles. The molecule has 3 nitrogen and oxygen atoms in total. The van der Waals surface area contributed by atoms with Crippen molar-refractivity contribution in [3.05, 3.63) is 0 Å². The Bertz CT molecular complexity index is 171. The van der Waals surface area contributed by atoms with Crippen LogP contribution in [0.4, 0.5) is 0 Å². The Labute approximate surface area is 93.3 Å². The van der Waals surface area contributed by atoms with Crippen LogP contribution in [0.15, 0.2) is 0 Å². The van der Waals surface area contributed by atoms with Gasteiger partial charge < -0.3 is 10.4 Å². The standard InChI is InChI=1S/C12H25NO2/c1-4-10(3)13-9-8-11(5-2)6-7-12(14)15/h10-11,13H,4-9H2,1-3H3,(H,14,15). The van der Waals surface area contributed by atoms with Gasteiger partial charge in [0.25, 0.3) is 0 Å². The molecule has 3 heteroatoms. The number of hydrogen-bond acceptors (Lipinski definition) is 2. The maximum atomic E-state index is 10.4. The Kier molecular flexibility index (Phi) is 8.38. The van der Waals surface area contributed by atoms with Gasteiger partial charge in [-0.3, -0.25) is 4.79 Å². The highest BCUT2D eigenvalue weighted by Crippen LogP contribution is 2.14. The lowest BCUT2D eigenvalue weighted by atomic mass is 9.96. The molecule has 2 N–H and O–H groups in total. The van der Waals surface area contributed by atoms with Crippen LogP contribution in [0, 0.1) is 5.92 Å². The zero-order valence-electron chi connectivity index (χ0n) is 10.3. The summed E-state index contributed by atoms with van der Waals surface area (Å²) in [6, 6.07) is 0.571. The number of nitrogens with one attached hydrogen (secondary N) is 1. The molecule has 0 amide bonds. The number of carboxylic acid groups (broad SMARTS) is 1. The zero-order chi connectivity index (χ0) is 11.7. The molecule has 0 radical (unpaired) electrons. The maximum Gasteiger partial charge on any atom is 0.303 e. The number of aliphatic carboxylic acids is 1. The molecule has 0 aromatic heterocycles. The van der Waals surface area contributed by atoms with Crippen LogP contribution in [-0.2, 0) is 4.79 Å². The molecule has 0 fully saturated rings. The van der Waals surface area contributed by atoms with Crippen LogP contribution in [0.25, 0.3) is 0 Å². The van der Waals surface area contributed by atoms with Crippen molar-refractivity contribution in [3.8, 4) is 0 Å². The van der Waals surface area contributed by atoms with E-state index in [2.05, 4.69) is 26.1 Å². The summed E-state index contributed by atoms with van der Waals surface area (Å²) in [7, 11) is 0. The zero-order valence-corrected chi connectivity index (χ0v) is 10.3. The maximum absolute atomic E-state index is 10.4. The van der Waals surface area contributed by atoms with Gasteiger partial charge in [0.1, 0.15) is 0 Å². The molecule has 0 spiro atoms. The SMILES string of the molecule is CCC(CCNC(C)CC)CCC(=O)O. The van der Waals surface area contributed by atoms with Gasteiger partial charge >= 0.3 is 5.97 Å². The predicted octanol–water partition coefficient (Wildman–Crippen LogP) is 2.66. The molecule has 0 aliphatic rings. The van der Waals surface area contributed by atoms with Crippen molar-refractivity contribution < 1.29 is 9.90 Å². The van der Waals surface area contributed by atoms with E-state index < -0.39 is 5.97 Å². The van der Waals surface area contributed by atoms with Gasteiger partial charge in [-0.1, -0.05) is 20.3 Å². The molecule has 0 rings (SSSR count). The van der Waals surface area contributed by atoms with Gasteiger partial charge in [-0.15, -0.1) is 0 Å². The van der Waals surface area contributed by atoms with E-state index in [0.717, 1.165) is 32.2 Å². The molecule has 0 aromatic carbocycles. The lowest BCUT2D eigenvalue weighted by molar-refractivity contribution is -0.137. The first kappa shape index (κ1) is 14.4. The summed E-state index contributed by atoms with van der Waals surface area (Å²) in [5.41, 5.74) is 0. The minimum Gasteiger partial charge on any atom is -0.481 e. The van der Waals surface area contributed by atoms with Crippen LogP contribution in [0.5, 0.6) is 0 Å². The van der Waals surface area contributed by atoms with Crippen molar-refractivity contribution >= 4 is 5.97 Å². The third-order valence-corrected chi connectivity index (χ3v) is 3.00. The van der Waals surface area contributed by atoms with E-state index in [9.17, 15) is 4.79 Å². The molecular weight excluding hydrogens is 190 g/mol. The van der Waals surface area contributed by atoms with Gasteiger partial charge in [0.2, 0.25) is 0 Å². The Balaban J connectivity index is 3.56. The highest BCUT2D eigenvalue weighted by molar-refractivity contribution is 5.66. The van der Waals surface area contributed by atoms with E-state index in [0.29, 0.717) is 18.4 Å². The van der Waals surface area contributed by atoms with Crippen LogP contribution in [0.3, 0.4) is 0 Å². The predicted molar refractivity (Wildman–Crippen MR) is 63.0 cm³/mol. The molecule has 0 aliphatic heterocycles. The number of carbonyl (C=O) groups is 1. The molecule has 0 aliphatic carbocycles. The summed E-state index contributed by atoms with van der Waals surface area (Å²) in [6.45, 7) is 7.49.